The van der Waals surface area contributed by atoms with Gasteiger partial charge in [0.15, 0.2) is 0 Å². The fourth-order valence-corrected chi connectivity index (χ4v) is 1.75. The fraction of sp³-hybridized carbons (Fsp3) is 1.00. The summed E-state index contributed by atoms with van der Waals surface area (Å²) in [5, 5.41) is 0. The van der Waals surface area contributed by atoms with Crippen molar-refractivity contribution in [3.05, 3.63) is 0 Å². The first kappa shape index (κ1) is 10.9. The molecule has 1 rings (SSSR count). The molecule has 0 aromatic carbocycles. The molecule has 0 radical (unpaired) electrons. The van der Waals surface area contributed by atoms with Crippen LogP contribution in [0.5, 0.6) is 0 Å². The number of sulfonamides is 1. The van der Waals surface area contributed by atoms with Crippen molar-refractivity contribution in [2.75, 3.05) is 19.4 Å². The first-order valence-electron chi connectivity index (χ1n) is 4.36. The van der Waals surface area contributed by atoms with Gasteiger partial charge in [0, 0.05) is 13.0 Å². The molecule has 1 saturated heterocycles. The minimum absolute atomic E-state index is 0.0210. The van der Waals surface area contributed by atoms with Gasteiger partial charge in [-0.3, -0.25) is 0 Å². The highest BCUT2D eigenvalue weighted by molar-refractivity contribution is 7.88. The lowest BCUT2D eigenvalue weighted by molar-refractivity contribution is -0.436. The molecule has 78 valence electrons. The lowest BCUT2D eigenvalue weighted by atomic mass is 10.1. The van der Waals surface area contributed by atoms with Gasteiger partial charge in [-0.15, -0.1) is 0 Å². The number of rotatable bonds is 3. The molecule has 0 aliphatic carbocycles. The number of ether oxygens (including phenoxy) is 1. The highest BCUT2D eigenvalue weighted by Crippen LogP contribution is 2.10. The van der Waals surface area contributed by atoms with Gasteiger partial charge in [0.2, 0.25) is 10.0 Å². The molecule has 1 heterocycles. The average molecular weight is 209 g/mol. The normalized spacial score (nSPS) is 30.3. The molecule has 4 N–H and O–H groups in total. The average Bonchev–Trinajstić information content (AvgIpc) is 2.02. The van der Waals surface area contributed by atoms with E-state index in [1.54, 1.807) is 0 Å². The van der Waals surface area contributed by atoms with Gasteiger partial charge >= 0.3 is 0 Å². The molecule has 0 aromatic heterocycles. The molecule has 0 amide bonds. The van der Waals surface area contributed by atoms with Gasteiger partial charge in [0.05, 0.1) is 19.0 Å². The number of nitrogens with one attached hydrogen (secondary N) is 1. The molecular formula is C7H17N2O3S+. The maximum Gasteiger partial charge on any atom is 0.208 e. The summed E-state index contributed by atoms with van der Waals surface area (Å²) in [6.45, 7) is 1.02. The third-order valence-electron chi connectivity index (χ3n) is 2.04. The predicted molar refractivity (Wildman–Crippen MR) is 48.5 cm³/mol. The van der Waals surface area contributed by atoms with Crippen molar-refractivity contribution in [3.63, 3.8) is 0 Å². The third-order valence-corrected chi connectivity index (χ3v) is 2.73. The van der Waals surface area contributed by atoms with Gasteiger partial charge in [-0.2, -0.15) is 0 Å². The smallest absolute Gasteiger partial charge is 0.208 e. The van der Waals surface area contributed by atoms with Crippen LogP contribution < -0.4 is 10.5 Å². The van der Waals surface area contributed by atoms with E-state index in [4.69, 9.17) is 4.74 Å². The first-order valence-corrected chi connectivity index (χ1v) is 6.26. The maximum atomic E-state index is 10.8. The Balaban J connectivity index is 2.24. The van der Waals surface area contributed by atoms with E-state index < -0.39 is 10.0 Å². The number of hydrogen-bond acceptors (Lipinski definition) is 3. The van der Waals surface area contributed by atoms with Crippen LogP contribution in [0.2, 0.25) is 0 Å². The lowest BCUT2D eigenvalue weighted by Gasteiger charge is -2.24. The molecule has 1 aliphatic heterocycles. The first-order chi connectivity index (χ1) is 5.97. The highest BCUT2D eigenvalue weighted by atomic mass is 32.2. The molecule has 0 bridgehead atoms. The van der Waals surface area contributed by atoms with Crippen LogP contribution in [0.3, 0.4) is 0 Å². The van der Waals surface area contributed by atoms with Crippen molar-refractivity contribution in [2.45, 2.75) is 25.0 Å². The summed E-state index contributed by atoms with van der Waals surface area (Å²) in [6, 6.07) is 0.356. The molecule has 5 nitrogen and oxygen atoms in total. The summed E-state index contributed by atoms with van der Waals surface area (Å²) >= 11 is 0. The van der Waals surface area contributed by atoms with Gasteiger partial charge in [-0.1, -0.05) is 0 Å². The van der Waals surface area contributed by atoms with Gasteiger partial charge in [-0.05, 0) is 6.42 Å². The SMILES string of the molecule is CS(=O)(=O)NC[C@@H]1CC[C@@H]([NH3+])CO1. The Morgan fingerprint density at radius 2 is 2.23 bits per heavy atom. The van der Waals surface area contributed by atoms with Gasteiger partial charge in [0.25, 0.3) is 0 Å². The van der Waals surface area contributed by atoms with Crippen molar-refractivity contribution in [3.8, 4) is 0 Å². The molecule has 1 fully saturated rings. The molecular weight excluding hydrogens is 192 g/mol. The van der Waals surface area contributed by atoms with Crippen molar-refractivity contribution in [2.24, 2.45) is 0 Å². The topological polar surface area (TPSA) is 83.0 Å². The Bertz CT molecular complexity index is 244. The quantitative estimate of drug-likeness (QED) is 0.582. The minimum atomic E-state index is -3.08. The Kier molecular flexibility index (Phi) is 3.66. The standard InChI is InChI=1S/C7H16N2O3S/c1-13(10,11)9-4-7-3-2-6(8)5-12-7/h6-7,9H,2-5,8H2,1H3/p+1/t6-,7+/m1/s1. The van der Waals surface area contributed by atoms with Gasteiger partial charge < -0.3 is 10.5 Å². The predicted octanol–water partition coefficient (Wildman–Crippen LogP) is -1.67. The van der Waals surface area contributed by atoms with Crippen molar-refractivity contribution < 1.29 is 18.9 Å². The van der Waals surface area contributed by atoms with Crippen LogP contribution in [-0.4, -0.2) is 40.0 Å². The summed E-state index contributed by atoms with van der Waals surface area (Å²) in [4.78, 5) is 0. The summed E-state index contributed by atoms with van der Waals surface area (Å²) in [7, 11) is -3.08. The number of quaternary nitrogens is 1. The Morgan fingerprint density at radius 1 is 1.54 bits per heavy atom. The van der Waals surface area contributed by atoms with Crippen LogP contribution in [0.4, 0.5) is 0 Å². The monoisotopic (exact) mass is 209 g/mol. The van der Waals surface area contributed by atoms with Crippen LogP contribution in [0.1, 0.15) is 12.8 Å². The van der Waals surface area contributed by atoms with Crippen LogP contribution in [0, 0.1) is 0 Å². The molecule has 1 aliphatic rings. The van der Waals surface area contributed by atoms with Crippen molar-refractivity contribution in [1.29, 1.82) is 0 Å². The Hall–Kier alpha value is -0.170. The molecule has 0 aromatic rings. The molecule has 6 heteroatoms. The van der Waals surface area contributed by atoms with Crippen molar-refractivity contribution >= 4 is 10.0 Å². The van der Waals surface area contributed by atoms with E-state index in [0.717, 1.165) is 19.1 Å². The van der Waals surface area contributed by atoms with E-state index in [2.05, 4.69) is 10.5 Å². The maximum absolute atomic E-state index is 10.8. The van der Waals surface area contributed by atoms with Crippen LogP contribution in [0.25, 0.3) is 0 Å². The van der Waals surface area contributed by atoms with E-state index in [0.29, 0.717) is 19.2 Å². The van der Waals surface area contributed by atoms with Crippen LogP contribution >= 0.6 is 0 Å². The summed E-state index contributed by atoms with van der Waals surface area (Å²) in [6.07, 6.45) is 3.07. The minimum Gasteiger partial charge on any atom is -0.371 e. The molecule has 0 spiro atoms. The molecule has 2 atom stereocenters. The zero-order valence-corrected chi connectivity index (χ0v) is 8.64. The van der Waals surface area contributed by atoms with Crippen molar-refractivity contribution in [1.82, 2.24) is 4.72 Å². The van der Waals surface area contributed by atoms with E-state index in [1.807, 2.05) is 0 Å². The molecule has 13 heavy (non-hydrogen) atoms. The molecule has 0 unspecified atom stereocenters. The Morgan fingerprint density at radius 3 is 2.69 bits per heavy atom. The largest absolute Gasteiger partial charge is 0.371 e. The summed E-state index contributed by atoms with van der Waals surface area (Å²) in [5.74, 6) is 0. The van der Waals surface area contributed by atoms with E-state index in [9.17, 15) is 8.42 Å². The summed E-state index contributed by atoms with van der Waals surface area (Å²) < 4.78 is 29.3. The fourth-order valence-electron chi connectivity index (χ4n) is 1.27. The van der Waals surface area contributed by atoms with E-state index in [-0.39, 0.29) is 6.10 Å². The zero-order valence-electron chi connectivity index (χ0n) is 7.82. The molecule has 0 saturated carbocycles. The second-order valence-corrected chi connectivity index (χ2v) is 5.35. The van der Waals surface area contributed by atoms with Crippen LogP contribution in [0.15, 0.2) is 0 Å². The van der Waals surface area contributed by atoms with E-state index in [1.165, 1.54) is 0 Å². The zero-order chi connectivity index (χ0) is 9.90. The second-order valence-electron chi connectivity index (χ2n) is 3.52. The van der Waals surface area contributed by atoms with E-state index >= 15 is 0 Å². The highest BCUT2D eigenvalue weighted by Gasteiger charge is 2.21. The summed E-state index contributed by atoms with van der Waals surface area (Å²) in [5.41, 5.74) is 3.88. The Labute approximate surface area is 78.7 Å². The van der Waals surface area contributed by atoms with Gasteiger partial charge in [0.1, 0.15) is 6.04 Å². The second kappa shape index (κ2) is 4.36. The van der Waals surface area contributed by atoms with Gasteiger partial charge in [-0.25, -0.2) is 13.1 Å². The number of hydrogen-bond donors (Lipinski definition) is 2. The lowest BCUT2D eigenvalue weighted by Crippen LogP contribution is -2.65. The third kappa shape index (κ3) is 4.56. The van der Waals surface area contributed by atoms with Crippen LogP contribution in [-0.2, 0) is 14.8 Å².